The van der Waals surface area contributed by atoms with Crippen molar-refractivity contribution in [3.05, 3.63) is 58.9 Å². The largest absolute Gasteiger partial charge is 0.376 e. The Morgan fingerprint density at radius 1 is 1.11 bits per heavy atom. The Kier molecular flexibility index (Phi) is 6.19. The fourth-order valence-corrected chi connectivity index (χ4v) is 3.53. The maximum absolute atomic E-state index is 13.0. The predicted molar refractivity (Wildman–Crippen MR) is 109 cm³/mol. The van der Waals surface area contributed by atoms with E-state index in [4.69, 9.17) is 11.6 Å². The van der Waals surface area contributed by atoms with Crippen LogP contribution in [0.4, 0.5) is 15.8 Å². The minimum atomic E-state index is -0.370. The SMILES string of the molecule is CN(C)c1ccc(Cl)cc1NC(=O)C1CCN(C(=O)c2ccc(F)cc2)CC1. The fourth-order valence-electron chi connectivity index (χ4n) is 3.35. The van der Waals surface area contributed by atoms with Crippen molar-refractivity contribution >= 4 is 34.8 Å². The summed E-state index contributed by atoms with van der Waals surface area (Å²) in [5.41, 5.74) is 2.01. The van der Waals surface area contributed by atoms with Gasteiger partial charge in [0, 0.05) is 43.7 Å². The van der Waals surface area contributed by atoms with Gasteiger partial charge in [0.2, 0.25) is 5.91 Å². The van der Waals surface area contributed by atoms with Crippen molar-refractivity contribution in [2.24, 2.45) is 5.92 Å². The molecule has 1 N–H and O–H groups in total. The van der Waals surface area contributed by atoms with Gasteiger partial charge in [0.15, 0.2) is 0 Å². The first-order valence-corrected chi connectivity index (χ1v) is 9.55. The van der Waals surface area contributed by atoms with Crippen LogP contribution in [0, 0.1) is 11.7 Å². The predicted octanol–water partition coefficient (Wildman–Crippen LogP) is 4.04. The second kappa shape index (κ2) is 8.61. The van der Waals surface area contributed by atoms with Crippen molar-refractivity contribution in [1.82, 2.24) is 4.90 Å². The van der Waals surface area contributed by atoms with E-state index in [9.17, 15) is 14.0 Å². The molecule has 1 aliphatic heterocycles. The van der Waals surface area contributed by atoms with Gasteiger partial charge in [-0.05, 0) is 55.3 Å². The molecule has 0 saturated carbocycles. The number of carbonyl (C=O) groups is 2. The molecule has 7 heteroatoms. The van der Waals surface area contributed by atoms with Crippen molar-refractivity contribution in [2.75, 3.05) is 37.4 Å². The molecule has 0 atom stereocenters. The summed E-state index contributed by atoms with van der Waals surface area (Å²) in [6, 6.07) is 10.9. The van der Waals surface area contributed by atoms with E-state index in [-0.39, 0.29) is 23.5 Å². The van der Waals surface area contributed by atoms with Crippen LogP contribution in [0.2, 0.25) is 5.02 Å². The molecule has 148 valence electrons. The third-order valence-corrected chi connectivity index (χ3v) is 5.18. The van der Waals surface area contributed by atoms with Crippen molar-refractivity contribution in [1.29, 1.82) is 0 Å². The van der Waals surface area contributed by atoms with Gasteiger partial charge in [0.25, 0.3) is 5.91 Å². The van der Waals surface area contributed by atoms with E-state index >= 15 is 0 Å². The molecule has 0 aromatic heterocycles. The molecule has 2 aromatic carbocycles. The third-order valence-electron chi connectivity index (χ3n) is 4.94. The van der Waals surface area contributed by atoms with Crippen molar-refractivity contribution < 1.29 is 14.0 Å². The summed E-state index contributed by atoms with van der Waals surface area (Å²) in [4.78, 5) is 28.9. The summed E-state index contributed by atoms with van der Waals surface area (Å²) in [5, 5.41) is 3.53. The molecular formula is C21H23ClFN3O2. The van der Waals surface area contributed by atoms with Crippen molar-refractivity contribution in [2.45, 2.75) is 12.8 Å². The first kappa shape index (κ1) is 20.1. The van der Waals surface area contributed by atoms with Crippen LogP contribution in [0.3, 0.4) is 0 Å². The standard InChI is InChI=1S/C21H23ClFN3O2/c1-25(2)19-8-5-16(22)13-18(19)24-20(27)14-9-11-26(12-10-14)21(28)15-3-6-17(23)7-4-15/h3-8,13-14H,9-12H2,1-2H3,(H,24,27). The summed E-state index contributed by atoms with van der Waals surface area (Å²) in [6.45, 7) is 0.981. The molecular weight excluding hydrogens is 381 g/mol. The van der Waals surface area contributed by atoms with Crippen LogP contribution in [0.15, 0.2) is 42.5 Å². The molecule has 3 rings (SSSR count). The first-order chi connectivity index (χ1) is 13.3. The van der Waals surface area contributed by atoms with Crippen LogP contribution in [0.5, 0.6) is 0 Å². The van der Waals surface area contributed by atoms with E-state index in [0.29, 0.717) is 42.2 Å². The van der Waals surface area contributed by atoms with Gasteiger partial charge in [-0.2, -0.15) is 0 Å². The van der Waals surface area contributed by atoms with Crippen molar-refractivity contribution in [3.63, 3.8) is 0 Å². The van der Waals surface area contributed by atoms with Gasteiger partial charge in [-0.1, -0.05) is 11.6 Å². The maximum atomic E-state index is 13.0. The lowest BCUT2D eigenvalue weighted by Crippen LogP contribution is -2.41. The van der Waals surface area contributed by atoms with Gasteiger partial charge in [-0.15, -0.1) is 0 Å². The number of benzene rings is 2. The monoisotopic (exact) mass is 403 g/mol. The Bertz CT molecular complexity index is 862. The van der Waals surface area contributed by atoms with Crippen LogP contribution < -0.4 is 10.2 Å². The molecule has 2 aromatic rings. The number of anilines is 2. The highest BCUT2D eigenvalue weighted by Crippen LogP contribution is 2.29. The van der Waals surface area contributed by atoms with E-state index < -0.39 is 0 Å². The van der Waals surface area contributed by atoms with Gasteiger partial charge >= 0.3 is 0 Å². The second-order valence-electron chi connectivity index (χ2n) is 7.12. The summed E-state index contributed by atoms with van der Waals surface area (Å²) in [6.07, 6.45) is 1.16. The molecule has 5 nitrogen and oxygen atoms in total. The number of piperidine rings is 1. The van der Waals surface area contributed by atoms with Gasteiger partial charge in [-0.25, -0.2) is 4.39 Å². The maximum Gasteiger partial charge on any atom is 0.253 e. The van der Waals surface area contributed by atoms with Crippen LogP contribution in [-0.2, 0) is 4.79 Å². The summed E-state index contributed by atoms with van der Waals surface area (Å²) in [7, 11) is 3.80. The molecule has 1 fully saturated rings. The van der Waals surface area contributed by atoms with Gasteiger partial charge in [0.05, 0.1) is 11.4 Å². The average Bonchev–Trinajstić information content (AvgIpc) is 2.68. The molecule has 1 saturated heterocycles. The smallest absolute Gasteiger partial charge is 0.253 e. The summed E-state index contributed by atoms with van der Waals surface area (Å²) in [5.74, 6) is -0.751. The summed E-state index contributed by atoms with van der Waals surface area (Å²) >= 11 is 6.08. The van der Waals surface area contributed by atoms with E-state index in [1.807, 2.05) is 25.1 Å². The zero-order valence-electron chi connectivity index (χ0n) is 15.9. The number of nitrogens with zero attached hydrogens (tertiary/aromatic N) is 2. The van der Waals surface area contributed by atoms with E-state index in [0.717, 1.165) is 5.69 Å². The average molecular weight is 404 g/mol. The molecule has 0 spiro atoms. The summed E-state index contributed by atoms with van der Waals surface area (Å²) < 4.78 is 13.0. The lowest BCUT2D eigenvalue weighted by atomic mass is 9.95. The normalized spacial score (nSPS) is 14.6. The van der Waals surface area contributed by atoms with Gasteiger partial charge in [-0.3, -0.25) is 9.59 Å². The highest BCUT2D eigenvalue weighted by molar-refractivity contribution is 6.31. The molecule has 0 radical (unpaired) electrons. The molecule has 0 unspecified atom stereocenters. The minimum absolute atomic E-state index is 0.0701. The Labute approximate surface area is 169 Å². The first-order valence-electron chi connectivity index (χ1n) is 9.17. The Hall–Kier alpha value is -2.60. The van der Waals surface area contributed by atoms with E-state index in [1.165, 1.54) is 24.3 Å². The highest BCUT2D eigenvalue weighted by Gasteiger charge is 2.28. The number of nitrogens with one attached hydrogen (secondary N) is 1. The number of rotatable bonds is 4. The number of hydrogen-bond donors (Lipinski definition) is 1. The molecule has 0 bridgehead atoms. The molecule has 0 aliphatic carbocycles. The van der Waals surface area contributed by atoms with E-state index in [2.05, 4.69) is 5.32 Å². The van der Waals surface area contributed by atoms with Crippen molar-refractivity contribution in [3.8, 4) is 0 Å². The highest BCUT2D eigenvalue weighted by atomic mass is 35.5. The minimum Gasteiger partial charge on any atom is -0.376 e. The molecule has 1 heterocycles. The zero-order valence-corrected chi connectivity index (χ0v) is 16.7. The Balaban J connectivity index is 1.60. The molecule has 1 aliphatic rings. The second-order valence-corrected chi connectivity index (χ2v) is 7.55. The molecule has 2 amide bonds. The topological polar surface area (TPSA) is 52.7 Å². The zero-order chi connectivity index (χ0) is 20.3. The number of halogens is 2. The van der Waals surface area contributed by atoms with Crippen LogP contribution in [0.25, 0.3) is 0 Å². The Morgan fingerprint density at radius 2 is 1.75 bits per heavy atom. The van der Waals surface area contributed by atoms with Crippen LogP contribution >= 0.6 is 11.6 Å². The fraction of sp³-hybridized carbons (Fsp3) is 0.333. The van der Waals surface area contributed by atoms with Crippen LogP contribution in [-0.4, -0.2) is 43.9 Å². The number of carbonyl (C=O) groups excluding carboxylic acids is 2. The quantitative estimate of drug-likeness (QED) is 0.838. The lowest BCUT2D eigenvalue weighted by molar-refractivity contribution is -0.121. The number of amides is 2. The molecule has 28 heavy (non-hydrogen) atoms. The number of likely N-dealkylation sites (tertiary alicyclic amines) is 1. The lowest BCUT2D eigenvalue weighted by Gasteiger charge is -2.31. The Morgan fingerprint density at radius 3 is 2.36 bits per heavy atom. The number of hydrogen-bond acceptors (Lipinski definition) is 3. The van der Waals surface area contributed by atoms with Gasteiger partial charge < -0.3 is 15.1 Å². The third kappa shape index (κ3) is 4.62. The van der Waals surface area contributed by atoms with Crippen LogP contribution in [0.1, 0.15) is 23.2 Å². The van der Waals surface area contributed by atoms with E-state index in [1.54, 1.807) is 17.0 Å². The van der Waals surface area contributed by atoms with Gasteiger partial charge in [0.1, 0.15) is 5.82 Å².